The molecule has 1 fully saturated rings. The van der Waals surface area contributed by atoms with Gasteiger partial charge in [0, 0.05) is 18.5 Å². The molecule has 0 atom stereocenters. The molecule has 3 rings (SSSR count). The number of halogens is 1. The van der Waals surface area contributed by atoms with Gasteiger partial charge in [0.15, 0.2) is 0 Å². The fraction of sp³-hybridized carbons (Fsp3) is 0.625. The van der Waals surface area contributed by atoms with Gasteiger partial charge >= 0.3 is 0 Å². The first kappa shape index (κ1) is 12.5. The minimum absolute atomic E-state index is 0.448. The molecule has 0 aliphatic heterocycles. The van der Waals surface area contributed by atoms with Crippen molar-refractivity contribution < 1.29 is 0 Å². The number of aryl methyl sites for hydroxylation is 2. The van der Waals surface area contributed by atoms with E-state index in [0.717, 1.165) is 12.5 Å². The van der Waals surface area contributed by atoms with Crippen LogP contribution in [-0.2, 0) is 19.4 Å². The molecule has 0 N–H and O–H groups in total. The van der Waals surface area contributed by atoms with E-state index in [1.165, 1.54) is 44.2 Å². The van der Waals surface area contributed by atoms with E-state index in [-0.39, 0.29) is 0 Å². The van der Waals surface area contributed by atoms with Crippen LogP contribution in [0.2, 0.25) is 0 Å². The Balaban J connectivity index is 1.55. The minimum Gasteiger partial charge on any atom is -0.302 e. The molecule has 1 saturated carbocycles. The first-order valence-corrected chi connectivity index (χ1v) is 7.57. The Labute approximate surface area is 115 Å². The monoisotopic (exact) mass is 263 g/mol. The van der Waals surface area contributed by atoms with Crippen LogP contribution < -0.4 is 0 Å². The summed E-state index contributed by atoms with van der Waals surface area (Å²) >= 11 is 6.03. The Hall–Kier alpha value is -0.530. The van der Waals surface area contributed by atoms with Crippen LogP contribution >= 0.6 is 11.6 Å². The zero-order chi connectivity index (χ0) is 12.5. The number of fused-ring (bicyclic) bond motifs is 1. The largest absolute Gasteiger partial charge is 0.302 e. The summed E-state index contributed by atoms with van der Waals surface area (Å²) in [7, 11) is 2.23. The van der Waals surface area contributed by atoms with E-state index in [0.29, 0.717) is 5.38 Å². The Morgan fingerprint density at radius 2 is 2.00 bits per heavy atom. The molecule has 0 saturated heterocycles. The molecule has 0 aromatic heterocycles. The molecule has 0 heterocycles. The van der Waals surface area contributed by atoms with Crippen molar-refractivity contribution in [3.63, 3.8) is 0 Å². The van der Waals surface area contributed by atoms with E-state index in [1.54, 1.807) is 11.1 Å². The number of benzene rings is 1. The lowest BCUT2D eigenvalue weighted by atomic mass is 9.84. The number of alkyl halides is 1. The lowest BCUT2D eigenvalue weighted by Crippen LogP contribution is -2.34. The van der Waals surface area contributed by atoms with Crippen molar-refractivity contribution >= 4 is 11.6 Å². The van der Waals surface area contributed by atoms with Crippen molar-refractivity contribution in [1.29, 1.82) is 0 Å². The van der Waals surface area contributed by atoms with Crippen molar-refractivity contribution in [3.05, 3.63) is 34.9 Å². The van der Waals surface area contributed by atoms with Gasteiger partial charge in [0.25, 0.3) is 0 Å². The number of hydrogen-bond donors (Lipinski definition) is 0. The van der Waals surface area contributed by atoms with Gasteiger partial charge in [0.2, 0.25) is 0 Å². The second kappa shape index (κ2) is 5.22. The summed E-state index contributed by atoms with van der Waals surface area (Å²) in [6, 6.07) is 7.07. The number of nitrogens with zero attached hydrogens (tertiary/aromatic N) is 1. The third-order valence-corrected chi connectivity index (χ3v) is 4.72. The van der Waals surface area contributed by atoms with E-state index < -0.39 is 0 Å². The van der Waals surface area contributed by atoms with Crippen molar-refractivity contribution in [2.45, 2.75) is 44.0 Å². The minimum atomic E-state index is 0.448. The average molecular weight is 264 g/mol. The van der Waals surface area contributed by atoms with Crippen molar-refractivity contribution in [2.24, 2.45) is 5.92 Å². The maximum atomic E-state index is 6.03. The van der Waals surface area contributed by atoms with Crippen LogP contribution in [0.25, 0.3) is 0 Å². The van der Waals surface area contributed by atoms with E-state index >= 15 is 0 Å². The molecule has 0 spiro atoms. The van der Waals surface area contributed by atoms with Gasteiger partial charge < -0.3 is 4.90 Å². The summed E-state index contributed by atoms with van der Waals surface area (Å²) < 4.78 is 0. The summed E-state index contributed by atoms with van der Waals surface area (Å²) in [5.74, 6) is 0.826. The summed E-state index contributed by atoms with van der Waals surface area (Å²) in [6.45, 7) is 2.27. The Morgan fingerprint density at radius 3 is 2.78 bits per heavy atom. The molecule has 2 heteroatoms. The molecular weight excluding hydrogens is 242 g/mol. The maximum Gasteiger partial charge on any atom is 0.0342 e. The zero-order valence-corrected chi connectivity index (χ0v) is 11.9. The Kier molecular flexibility index (Phi) is 3.63. The molecular formula is C16H22ClN. The molecule has 0 radical (unpaired) electrons. The molecule has 1 nitrogen and oxygen atoms in total. The fourth-order valence-electron chi connectivity index (χ4n) is 3.34. The SMILES string of the molecule is CN(Cc1ccc2c(c1)CCC2)CC1CC(Cl)C1. The van der Waals surface area contributed by atoms with Gasteiger partial charge in [-0.3, -0.25) is 0 Å². The van der Waals surface area contributed by atoms with Crippen molar-refractivity contribution in [2.75, 3.05) is 13.6 Å². The van der Waals surface area contributed by atoms with Crippen molar-refractivity contribution in [1.82, 2.24) is 4.90 Å². The third-order valence-electron chi connectivity index (χ3n) is 4.36. The second-order valence-electron chi connectivity index (χ2n) is 6.09. The Bertz CT molecular complexity index is 423. The molecule has 1 aromatic rings. The standard InChI is InChI=1S/C16H22ClN/c1-18(11-13-8-16(17)9-13)10-12-5-6-14-3-2-4-15(14)7-12/h5-7,13,16H,2-4,8-11H2,1H3. The van der Waals surface area contributed by atoms with Gasteiger partial charge in [0.1, 0.15) is 0 Å². The highest BCUT2D eigenvalue weighted by atomic mass is 35.5. The number of rotatable bonds is 4. The summed E-state index contributed by atoms with van der Waals surface area (Å²) in [5.41, 5.74) is 4.63. The van der Waals surface area contributed by atoms with Gasteiger partial charge in [-0.05, 0) is 61.8 Å². The van der Waals surface area contributed by atoms with Crippen molar-refractivity contribution in [3.8, 4) is 0 Å². The van der Waals surface area contributed by atoms with E-state index in [4.69, 9.17) is 11.6 Å². The van der Waals surface area contributed by atoms with Crippen LogP contribution in [0.5, 0.6) is 0 Å². The van der Waals surface area contributed by atoms with E-state index in [2.05, 4.69) is 30.1 Å². The van der Waals surface area contributed by atoms with E-state index in [1.807, 2.05) is 0 Å². The van der Waals surface area contributed by atoms with Crippen LogP contribution in [-0.4, -0.2) is 23.9 Å². The molecule has 1 aromatic carbocycles. The molecule has 2 aliphatic rings. The summed E-state index contributed by atoms with van der Waals surface area (Å²) in [6.07, 6.45) is 6.31. The average Bonchev–Trinajstić information content (AvgIpc) is 2.74. The van der Waals surface area contributed by atoms with Crippen LogP contribution in [0.4, 0.5) is 0 Å². The second-order valence-corrected chi connectivity index (χ2v) is 6.71. The molecule has 0 amide bonds. The molecule has 0 bridgehead atoms. The lowest BCUT2D eigenvalue weighted by Gasteiger charge is -2.34. The van der Waals surface area contributed by atoms with Crippen LogP contribution in [0.15, 0.2) is 18.2 Å². The first-order valence-electron chi connectivity index (χ1n) is 7.14. The topological polar surface area (TPSA) is 3.24 Å². The van der Waals surface area contributed by atoms with E-state index in [9.17, 15) is 0 Å². The van der Waals surface area contributed by atoms with Gasteiger partial charge in [-0.25, -0.2) is 0 Å². The summed E-state index contributed by atoms with van der Waals surface area (Å²) in [4.78, 5) is 2.45. The van der Waals surface area contributed by atoms with Crippen LogP contribution in [0, 0.1) is 5.92 Å². The van der Waals surface area contributed by atoms with Crippen LogP contribution in [0.1, 0.15) is 36.0 Å². The predicted octanol–water partition coefficient (Wildman–Crippen LogP) is 3.62. The van der Waals surface area contributed by atoms with Gasteiger partial charge in [-0.1, -0.05) is 18.2 Å². The highest BCUT2D eigenvalue weighted by Crippen LogP contribution is 2.32. The summed E-state index contributed by atoms with van der Waals surface area (Å²) in [5, 5.41) is 0.448. The molecule has 2 aliphatic carbocycles. The molecule has 18 heavy (non-hydrogen) atoms. The molecule has 98 valence electrons. The third kappa shape index (κ3) is 2.73. The van der Waals surface area contributed by atoms with Gasteiger partial charge in [-0.2, -0.15) is 0 Å². The quantitative estimate of drug-likeness (QED) is 0.750. The maximum absolute atomic E-state index is 6.03. The van der Waals surface area contributed by atoms with Gasteiger partial charge in [-0.15, -0.1) is 11.6 Å². The predicted molar refractivity (Wildman–Crippen MR) is 77.2 cm³/mol. The Morgan fingerprint density at radius 1 is 1.22 bits per heavy atom. The zero-order valence-electron chi connectivity index (χ0n) is 11.2. The first-order chi connectivity index (χ1) is 8.70. The number of hydrogen-bond acceptors (Lipinski definition) is 1. The highest BCUT2D eigenvalue weighted by Gasteiger charge is 2.27. The highest BCUT2D eigenvalue weighted by molar-refractivity contribution is 6.21. The normalized spacial score (nSPS) is 26.2. The smallest absolute Gasteiger partial charge is 0.0342 e. The lowest BCUT2D eigenvalue weighted by molar-refractivity contribution is 0.204. The van der Waals surface area contributed by atoms with Crippen LogP contribution in [0.3, 0.4) is 0 Å². The fourth-order valence-corrected chi connectivity index (χ4v) is 3.85. The molecule has 0 unspecified atom stereocenters. The van der Waals surface area contributed by atoms with Gasteiger partial charge in [0.05, 0.1) is 0 Å².